The lowest BCUT2D eigenvalue weighted by atomic mass is 9.71. The zero-order chi connectivity index (χ0) is 10.7. The molecule has 1 saturated carbocycles. The highest BCUT2D eigenvalue weighted by molar-refractivity contribution is 5.79. The molecular weight excluding hydrogens is 174 g/mol. The number of carbonyl (C=O) groups excluding carboxylic acids is 1. The van der Waals surface area contributed by atoms with Crippen LogP contribution in [0.25, 0.3) is 0 Å². The summed E-state index contributed by atoms with van der Waals surface area (Å²) >= 11 is 0. The zero-order valence-electron chi connectivity index (χ0n) is 9.84. The third kappa shape index (κ3) is 3.32. The predicted molar refractivity (Wildman–Crippen MR) is 58.9 cm³/mol. The van der Waals surface area contributed by atoms with Crippen molar-refractivity contribution in [1.29, 1.82) is 0 Å². The van der Waals surface area contributed by atoms with Gasteiger partial charge in [0.2, 0.25) is 5.91 Å². The van der Waals surface area contributed by atoms with Crippen molar-refractivity contribution in [2.24, 2.45) is 17.8 Å². The summed E-state index contributed by atoms with van der Waals surface area (Å²) in [6, 6.07) is 0.284. The van der Waals surface area contributed by atoms with Gasteiger partial charge < -0.3 is 5.32 Å². The van der Waals surface area contributed by atoms with Crippen LogP contribution in [0.4, 0.5) is 0 Å². The van der Waals surface area contributed by atoms with Crippen LogP contribution < -0.4 is 5.32 Å². The Morgan fingerprint density at radius 2 is 1.86 bits per heavy atom. The summed E-state index contributed by atoms with van der Waals surface area (Å²) in [5.41, 5.74) is 0. The van der Waals surface area contributed by atoms with Gasteiger partial charge in [-0.05, 0) is 44.9 Å². The van der Waals surface area contributed by atoms with E-state index < -0.39 is 0 Å². The monoisotopic (exact) mass is 197 g/mol. The van der Waals surface area contributed by atoms with E-state index in [9.17, 15) is 4.79 Å². The quantitative estimate of drug-likeness (QED) is 0.737. The third-order valence-electron chi connectivity index (χ3n) is 2.84. The number of carbonyl (C=O) groups is 1. The van der Waals surface area contributed by atoms with Crippen LogP contribution in [0.3, 0.4) is 0 Å². The average molecular weight is 197 g/mol. The average Bonchev–Trinajstić information content (AvgIpc) is 1.93. The van der Waals surface area contributed by atoms with Crippen molar-refractivity contribution in [2.45, 2.75) is 53.0 Å². The standard InChI is InChI=1S/C12H23NO/c1-8(2)5-10-6-11(7-10)12(14)13-9(3)4/h8-11H,5-7H2,1-4H3,(H,13,14). The minimum atomic E-state index is 0.264. The molecule has 1 amide bonds. The van der Waals surface area contributed by atoms with E-state index in [1.54, 1.807) is 0 Å². The number of hydrogen-bond acceptors (Lipinski definition) is 1. The lowest BCUT2D eigenvalue weighted by molar-refractivity contribution is -0.129. The van der Waals surface area contributed by atoms with E-state index in [0.717, 1.165) is 24.7 Å². The van der Waals surface area contributed by atoms with Crippen LogP contribution >= 0.6 is 0 Å². The molecule has 1 N–H and O–H groups in total. The fourth-order valence-corrected chi connectivity index (χ4v) is 2.21. The maximum atomic E-state index is 11.6. The van der Waals surface area contributed by atoms with Gasteiger partial charge in [0.25, 0.3) is 0 Å². The zero-order valence-corrected chi connectivity index (χ0v) is 9.84. The molecule has 0 radical (unpaired) electrons. The maximum absolute atomic E-state index is 11.6. The molecular formula is C12H23NO. The van der Waals surface area contributed by atoms with Crippen LogP contribution in [0.5, 0.6) is 0 Å². The van der Waals surface area contributed by atoms with E-state index in [-0.39, 0.29) is 11.9 Å². The van der Waals surface area contributed by atoms with Crippen molar-refractivity contribution in [3.8, 4) is 0 Å². The van der Waals surface area contributed by atoms with Crippen molar-refractivity contribution >= 4 is 5.91 Å². The van der Waals surface area contributed by atoms with Gasteiger partial charge in [0.15, 0.2) is 0 Å². The Hall–Kier alpha value is -0.530. The Labute approximate surface area is 87.5 Å². The van der Waals surface area contributed by atoms with Crippen molar-refractivity contribution in [1.82, 2.24) is 5.32 Å². The molecule has 0 heterocycles. The Morgan fingerprint density at radius 1 is 1.29 bits per heavy atom. The number of amides is 1. The molecule has 2 nitrogen and oxygen atoms in total. The Balaban J connectivity index is 2.17. The van der Waals surface area contributed by atoms with E-state index in [4.69, 9.17) is 0 Å². The molecule has 1 aliphatic carbocycles. The second-order valence-corrected chi connectivity index (χ2v) is 5.33. The molecule has 1 rings (SSSR count). The Bertz CT molecular complexity index is 192. The first-order valence-corrected chi connectivity index (χ1v) is 5.79. The van der Waals surface area contributed by atoms with Crippen LogP contribution in [-0.2, 0) is 4.79 Å². The van der Waals surface area contributed by atoms with Crippen LogP contribution in [0.15, 0.2) is 0 Å². The summed E-state index contributed by atoms with van der Waals surface area (Å²) in [4.78, 5) is 11.6. The van der Waals surface area contributed by atoms with E-state index in [1.165, 1.54) is 6.42 Å². The van der Waals surface area contributed by atoms with Crippen LogP contribution in [0.1, 0.15) is 47.0 Å². The van der Waals surface area contributed by atoms with E-state index in [1.807, 2.05) is 13.8 Å². The summed E-state index contributed by atoms with van der Waals surface area (Å²) in [7, 11) is 0. The summed E-state index contributed by atoms with van der Waals surface area (Å²) in [5.74, 6) is 2.15. The fraction of sp³-hybridized carbons (Fsp3) is 0.917. The molecule has 82 valence electrons. The molecule has 1 aliphatic rings. The van der Waals surface area contributed by atoms with Crippen molar-refractivity contribution in [3.63, 3.8) is 0 Å². The van der Waals surface area contributed by atoms with Gasteiger partial charge in [0, 0.05) is 12.0 Å². The van der Waals surface area contributed by atoms with Crippen LogP contribution in [0.2, 0.25) is 0 Å². The molecule has 0 aromatic heterocycles. The lowest BCUT2D eigenvalue weighted by Crippen LogP contribution is -2.41. The first-order chi connectivity index (χ1) is 6.49. The van der Waals surface area contributed by atoms with Crippen LogP contribution in [-0.4, -0.2) is 11.9 Å². The second kappa shape index (κ2) is 4.81. The molecule has 2 heteroatoms. The summed E-state index contributed by atoms with van der Waals surface area (Å²) in [6.07, 6.45) is 3.50. The normalized spacial score (nSPS) is 26.4. The first kappa shape index (κ1) is 11.5. The number of hydrogen-bond donors (Lipinski definition) is 1. The molecule has 0 unspecified atom stereocenters. The SMILES string of the molecule is CC(C)CC1CC(C(=O)NC(C)C)C1. The van der Waals surface area contributed by atoms with Crippen molar-refractivity contribution in [2.75, 3.05) is 0 Å². The highest BCUT2D eigenvalue weighted by Crippen LogP contribution is 2.37. The lowest BCUT2D eigenvalue weighted by Gasteiger charge is -2.35. The van der Waals surface area contributed by atoms with E-state index in [0.29, 0.717) is 5.92 Å². The fourth-order valence-electron chi connectivity index (χ4n) is 2.21. The smallest absolute Gasteiger partial charge is 0.223 e. The Kier molecular flexibility index (Phi) is 3.97. The highest BCUT2D eigenvalue weighted by Gasteiger charge is 2.34. The van der Waals surface area contributed by atoms with E-state index in [2.05, 4.69) is 19.2 Å². The largest absolute Gasteiger partial charge is 0.354 e. The molecule has 0 aliphatic heterocycles. The van der Waals surface area contributed by atoms with Crippen molar-refractivity contribution in [3.05, 3.63) is 0 Å². The minimum Gasteiger partial charge on any atom is -0.354 e. The first-order valence-electron chi connectivity index (χ1n) is 5.79. The summed E-state index contributed by atoms with van der Waals surface area (Å²) < 4.78 is 0. The summed E-state index contributed by atoms with van der Waals surface area (Å²) in [6.45, 7) is 8.54. The number of nitrogens with one attached hydrogen (secondary N) is 1. The Morgan fingerprint density at radius 3 is 2.29 bits per heavy atom. The van der Waals surface area contributed by atoms with Gasteiger partial charge in [-0.25, -0.2) is 0 Å². The van der Waals surface area contributed by atoms with Gasteiger partial charge in [-0.15, -0.1) is 0 Å². The molecule has 0 aromatic rings. The molecule has 0 aromatic carbocycles. The van der Waals surface area contributed by atoms with E-state index >= 15 is 0 Å². The van der Waals surface area contributed by atoms with Gasteiger partial charge in [-0.2, -0.15) is 0 Å². The third-order valence-corrected chi connectivity index (χ3v) is 2.84. The molecule has 14 heavy (non-hydrogen) atoms. The molecule has 0 saturated heterocycles. The molecule has 0 spiro atoms. The second-order valence-electron chi connectivity index (χ2n) is 5.33. The van der Waals surface area contributed by atoms with Gasteiger partial charge in [-0.1, -0.05) is 13.8 Å². The topological polar surface area (TPSA) is 29.1 Å². The minimum absolute atomic E-state index is 0.264. The van der Waals surface area contributed by atoms with Gasteiger partial charge >= 0.3 is 0 Å². The van der Waals surface area contributed by atoms with Gasteiger partial charge in [0.1, 0.15) is 0 Å². The number of rotatable bonds is 4. The maximum Gasteiger partial charge on any atom is 0.223 e. The molecule has 0 atom stereocenters. The van der Waals surface area contributed by atoms with Gasteiger partial charge in [0.05, 0.1) is 0 Å². The van der Waals surface area contributed by atoms with Crippen LogP contribution in [0, 0.1) is 17.8 Å². The highest BCUT2D eigenvalue weighted by atomic mass is 16.1. The molecule has 1 fully saturated rings. The predicted octanol–water partition coefficient (Wildman–Crippen LogP) is 2.58. The van der Waals surface area contributed by atoms with Gasteiger partial charge in [-0.3, -0.25) is 4.79 Å². The van der Waals surface area contributed by atoms with Crippen molar-refractivity contribution < 1.29 is 4.79 Å². The summed E-state index contributed by atoms with van der Waals surface area (Å²) in [5, 5.41) is 2.98. The molecule has 0 bridgehead atoms.